The molecule has 0 bridgehead atoms. The zero-order valence-electron chi connectivity index (χ0n) is 15.1. The number of rotatable bonds is 4. The largest absolute Gasteiger partial charge is 0.468 e. The molecule has 0 amide bonds. The van der Waals surface area contributed by atoms with Crippen LogP contribution in [0.3, 0.4) is 0 Å². The Morgan fingerprint density at radius 3 is 2.79 bits per heavy atom. The number of likely N-dealkylation sites (tertiary alicyclic amines) is 1. The summed E-state index contributed by atoms with van der Waals surface area (Å²) in [5, 5.41) is 3.61. The first-order valence-electron chi connectivity index (χ1n) is 8.96. The van der Waals surface area contributed by atoms with Gasteiger partial charge in [-0.1, -0.05) is 0 Å². The van der Waals surface area contributed by atoms with Crippen molar-refractivity contribution in [1.82, 2.24) is 15.1 Å². The van der Waals surface area contributed by atoms with Crippen LogP contribution < -0.4 is 5.32 Å². The van der Waals surface area contributed by atoms with E-state index in [1.165, 1.54) is 12.8 Å². The molecule has 6 heteroatoms. The van der Waals surface area contributed by atoms with Gasteiger partial charge in [0.15, 0.2) is 5.96 Å². The van der Waals surface area contributed by atoms with Crippen molar-refractivity contribution >= 4 is 17.7 Å². The van der Waals surface area contributed by atoms with Gasteiger partial charge in [-0.2, -0.15) is 11.8 Å². The van der Waals surface area contributed by atoms with Gasteiger partial charge in [-0.3, -0.25) is 9.89 Å². The lowest BCUT2D eigenvalue weighted by Gasteiger charge is -2.39. The van der Waals surface area contributed by atoms with Crippen molar-refractivity contribution in [3.63, 3.8) is 0 Å². The fourth-order valence-electron chi connectivity index (χ4n) is 3.66. The van der Waals surface area contributed by atoms with Gasteiger partial charge < -0.3 is 14.6 Å². The molecule has 5 nitrogen and oxygen atoms in total. The minimum Gasteiger partial charge on any atom is -0.468 e. The van der Waals surface area contributed by atoms with Crippen molar-refractivity contribution in [2.45, 2.75) is 37.5 Å². The highest BCUT2D eigenvalue weighted by Crippen LogP contribution is 2.30. The quantitative estimate of drug-likeness (QED) is 0.668. The van der Waals surface area contributed by atoms with Crippen molar-refractivity contribution in [2.24, 2.45) is 4.99 Å². The molecule has 24 heavy (non-hydrogen) atoms. The Morgan fingerprint density at radius 1 is 1.38 bits per heavy atom. The Morgan fingerprint density at radius 2 is 2.17 bits per heavy atom. The van der Waals surface area contributed by atoms with Gasteiger partial charge in [-0.15, -0.1) is 0 Å². The van der Waals surface area contributed by atoms with E-state index >= 15 is 0 Å². The van der Waals surface area contributed by atoms with Crippen LogP contribution in [0.2, 0.25) is 0 Å². The molecule has 1 aromatic rings. The number of furan rings is 1. The Bertz CT molecular complexity index is 537. The second kappa shape index (κ2) is 7.83. The number of nitrogens with one attached hydrogen (secondary N) is 1. The fraction of sp³-hybridized carbons (Fsp3) is 0.722. The lowest BCUT2D eigenvalue weighted by molar-refractivity contribution is 0.213. The minimum atomic E-state index is 0.283. The van der Waals surface area contributed by atoms with Crippen molar-refractivity contribution < 1.29 is 4.42 Å². The number of guanidine groups is 1. The SMILES string of the molecule is CN=C(NCC(c1ccco1)N1CCCC1)N1CCSC(C)(C)C1. The van der Waals surface area contributed by atoms with Crippen LogP contribution in [0.25, 0.3) is 0 Å². The third-order valence-electron chi connectivity index (χ3n) is 4.84. The first-order chi connectivity index (χ1) is 11.6. The van der Waals surface area contributed by atoms with Gasteiger partial charge in [0.1, 0.15) is 5.76 Å². The molecule has 3 rings (SSSR count). The summed E-state index contributed by atoms with van der Waals surface area (Å²) in [6, 6.07) is 4.36. The van der Waals surface area contributed by atoms with E-state index < -0.39 is 0 Å². The van der Waals surface area contributed by atoms with Gasteiger partial charge in [0.25, 0.3) is 0 Å². The Balaban J connectivity index is 1.64. The predicted octanol–water partition coefficient (Wildman–Crippen LogP) is 2.82. The molecule has 3 heterocycles. The summed E-state index contributed by atoms with van der Waals surface area (Å²) in [7, 11) is 1.88. The zero-order chi connectivity index (χ0) is 17.0. The van der Waals surface area contributed by atoms with Crippen LogP contribution in [-0.2, 0) is 0 Å². The monoisotopic (exact) mass is 350 g/mol. The van der Waals surface area contributed by atoms with Crippen LogP contribution in [0, 0.1) is 0 Å². The standard InChI is InChI=1S/C18H30N4OS/c1-18(2)14-22(10-12-24-18)17(19-3)20-13-15(16-7-6-11-23-16)21-8-4-5-9-21/h6-7,11,15H,4-5,8-10,12-14H2,1-3H3,(H,19,20). The van der Waals surface area contributed by atoms with Crippen LogP contribution in [0.5, 0.6) is 0 Å². The molecule has 1 aromatic heterocycles. The molecule has 1 unspecified atom stereocenters. The summed E-state index contributed by atoms with van der Waals surface area (Å²) in [4.78, 5) is 9.44. The average Bonchev–Trinajstić information content (AvgIpc) is 3.24. The van der Waals surface area contributed by atoms with Gasteiger partial charge in [0.05, 0.1) is 12.3 Å². The van der Waals surface area contributed by atoms with Gasteiger partial charge >= 0.3 is 0 Å². The molecule has 0 aliphatic carbocycles. The number of thioether (sulfide) groups is 1. The molecule has 0 radical (unpaired) electrons. The van der Waals surface area contributed by atoms with Crippen molar-refractivity contribution in [1.29, 1.82) is 0 Å². The van der Waals surface area contributed by atoms with Crippen molar-refractivity contribution in [3.8, 4) is 0 Å². The average molecular weight is 351 g/mol. The second-order valence-electron chi connectivity index (χ2n) is 7.23. The molecule has 2 fully saturated rings. The van der Waals surface area contributed by atoms with Crippen LogP contribution >= 0.6 is 11.8 Å². The molecule has 0 saturated carbocycles. The van der Waals surface area contributed by atoms with Crippen molar-refractivity contribution in [3.05, 3.63) is 24.2 Å². The number of aliphatic imine (C=N–C) groups is 1. The second-order valence-corrected chi connectivity index (χ2v) is 9.03. The maximum absolute atomic E-state index is 5.71. The van der Waals surface area contributed by atoms with Gasteiger partial charge in [0, 0.05) is 37.2 Å². The molecule has 2 saturated heterocycles. The van der Waals surface area contributed by atoms with Gasteiger partial charge in [0.2, 0.25) is 0 Å². The molecule has 2 aliphatic rings. The van der Waals surface area contributed by atoms with E-state index in [0.29, 0.717) is 0 Å². The Hall–Kier alpha value is -1.14. The number of hydrogen-bond acceptors (Lipinski definition) is 4. The van der Waals surface area contributed by atoms with Crippen LogP contribution in [0.4, 0.5) is 0 Å². The highest BCUT2D eigenvalue weighted by atomic mass is 32.2. The van der Waals surface area contributed by atoms with E-state index in [0.717, 1.165) is 50.2 Å². The molecule has 0 aromatic carbocycles. The Labute approximate surface area is 149 Å². The van der Waals surface area contributed by atoms with Crippen LogP contribution in [-0.4, -0.2) is 66.0 Å². The summed E-state index contributed by atoms with van der Waals surface area (Å²) in [6.07, 6.45) is 4.34. The summed E-state index contributed by atoms with van der Waals surface area (Å²) >= 11 is 2.05. The lowest BCUT2D eigenvalue weighted by atomic mass is 10.2. The summed E-state index contributed by atoms with van der Waals surface area (Å²) in [5.41, 5.74) is 0. The zero-order valence-corrected chi connectivity index (χ0v) is 15.9. The molecule has 1 N–H and O–H groups in total. The van der Waals surface area contributed by atoms with Gasteiger partial charge in [-0.05, 0) is 51.9 Å². The smallest absolute Gasteiger partial charge is 0.193 e. The Kier molecular flexibility index (Phi) is 5.76. The normalized spacial score (nSPS) is 23.5. The first kappa shape index (κ1) is 17.7. The number of nitrogens with zero attached hydrogens (tertiary/aromatic N) is 3. The molecular weight excluding hydrogens is 320 g/mol. The maximum Gasteiger partial charge on any atom is 0.193 e. The first-order valence-corrected chi connectivity index (χ1v) is 9.95. The van der Waals surface area contributed by atoms with E-state index in [9.17, 15) is 0 Å². The van der Waals surface area contributed by atoms with E-state index in [1.807, 2.05) is 24.9 Å². The summed E-state index contributed by atoms with van der Waals surface area (Å²) in [6.45, 7) is 9.86. The van der Waals surface area contributed by atoms with Gasteiger partial charge in [-0.25, -0.2) is 0 Å². The third kappa shape index (κ3) is 4.28. The highest BCUT2D eigenvalue weighted by molar-refractivity contribution is 8.00. The van der Waals surface area contributed by atoms with E-state index in [4.69, 9.17) is 4.42 Å². The molecule has 0 spiro atoms. The van der Waals surface area contributed by atoms with Crippen LogP contribution in [0.15, 0.2) is 27.8 Å². The predicted molar refractivity (Wildman–Crippen MR) is 102 cm³/mol. The molecular formula is C18H30N4OS. The fourth-order valence-corrected chi connectivity index (χ4v) is 4.77. The molecule has 2 aliphatic heterocycles. The number of hydrogen-bond donors (Lipinski definition) is 1. The van der Waals surface area contributed by atoms with E-state index in [2.05, 4.69) is 40.0 Å². The van der Waals surface area contributed by atoms with Crippen molar-refractivity contribution in [2.75, 3.05) is 45.5 Å². The summed E-state index contributed by atoms with van der Waals surface area (Å²) < 4.78 is 6.00. The third-order valence-corrected chi connectivity index (χ3v) is 6.14. The topological polar surface area (TPSA) is 44.0 Å². The maximum atomic E-state index is 5.71. The molecule has 1 atom stereocenters. The highest BCUT2D eigenvalue weighted by Gasteiger charge is 2.30. The molecule has 134 valence electrons. The summed E-state index contributed by atoms with van der Waals surface area (Å²) in [5.74, 6) is 3.22. The van der Waals surface area contributed by atoms with Crippen LogP contribution in [0.1, 0.15) is 38.5 Å². The lowest BCUT2D eigenvalue weighted by Crippen LogP contribution is -2.52. The van der Waals surface area contributed by atoms with E-state index in [-0.39, 0.29) is 10.8 Å². The van der Waals surface area contributed by atoms with E-state index in [1.54, 1.807) is 6.26 Å². The minimum absolute atomic E-state index is 0.283.